The standard InChI is InChI=1S/C10H6N2O3S2/c13-9(6-2-1-3-15-6)12-7-8-5(4-16-17-8)11-10(7)14/h1-4H,(H,11,14)(H,12,13). The van der Waals surface area contributed by atoms with Crippen molar-refractivity contribution in [2.45, 2.75) is 0 Å². The summed E-state index contributed by atoms with van der Waals surface area (Å²) in [5.74, 6) is -0.245. The fourth-order valence-corrected chi connectivity index (χ4v) is 3.63. The minimum atomic E-state index is -0.425. The summed E-state index contributed by atoms with van der Waals surface area (Å²) in [6, 6.07) is 3.16. The first-order valence-electron chi connectivity index (χ1n) is 4.70. The van der Waals surface area contributed by atoms with Crippen LogP contribution in [0.1, 0.15) is 10.6 Å². The minimum Gasteiger partial charge on any atom is -0.459 e. The third kappa shape index (κ3) is 1.69. The molecule has 0 saturated carbocycles. The average Bonchev–Trinajstić information content (AvgIpc) is 2.98. The minimum absolute atomic E-state index is 0.180. The van der Waals surface area contributed by atoms with Gasteiger partial charge < -0.3 is 14.7 Å². The summed E-state index contributed by atoms with van der Waals surface area (Å²) in [6.07, 6.45) is 1.41. The van der Waals surface area contributed by atoms with Gasteiger partial charge in [-0.1, -0.05) is 20.7 Å². The van der Waals surface area contributed by atoms with Gasteiger partial charge in [0, 0.05) is 5.38 Å². The second-order valence-electron chi connectivity index (χ2n) is 3.30. The molecule has 0 bridgehead atoms. The molecule has 7 heteroatoms. The first kappa shape index (κ1) is 10.3. The third-order valence-electron chi connectivity index (χ3n) is 2.23. The quantitative estimate of drug-likeness (QED) is 0.699. The Hall–Kier alpha value is -1.86. The van der Waals surface area contributed by atoms with Crippen LogP contribution < -0.4 is 10.9 Å². The first-order chi connectivity index (χ1) is 8.25. The molecule has 0 unspecified atom stereocenters. The molecule has 2 aliphatic heterocycles. The van der Waals surface area contributed by atoms with Gasteiger partial charge in [-0.25, -0.2) is 0 Å². The number of H-pyrrole nitrogens is 1. The van der Waals surface area contributed by atoms with Crippen LogP contribution in [-0.4, -0.2) is 10.9 Å². The molecule has 0 saturated heterocycles. The predicted molar refractivity (Wildman–Crippen MR) is 66.1 cm³/mol. The van der Waals surface area contributed by atoms with Crippen LogP contribution in [0, 0.1) is 0 Å². The molecule has 1 aromatic heterocycles. The van der Waals surface area contributed by atoms with Crippen LogP contribution in [0.5, 0.6) is 0 Å². The highest BCUT2D eigenvalue weighted by Gasteiger charge is 2.20. The molecule has 17 heavy (non-hydrogen) atoms. The fraction of sp³-hybridized carbons (Fsp3) is 0. The van der Waals surface area contributed by atoms with Crippen molar-refractivity contribution in [1.82, 2.24) is 4.98 Å². The van der Waals surface area contributed by atoms with E-state index in [-0.39, 0.29) is 17.0 Å². The van der Waals surface area contributed by atoms with E-state index >= 15 is 0 Å². The summed E-state index contributed by atoms with van der Waals surface area (Å²) >= 11 is 0. The number of carbonyl (C=O) groups excluding carboxylic acids is 1. The molecule has 2 N–H and O–H groups in total. The molecule has 86 valence electrons. The lowest BCUT2D eigenvalue weighted by molar-refractivity contribution is 0.0996. The van der Waals surface area contributed by atoms with Crippen molar-refractivity contribution in [3.8, 4) is 10.6 Å². The van der Waals surface area contributed by atoms with E-state index in [4.69, 9.17) is 4.42 Å². The normalized spacial score (nSPS) is 10.8. The van der Waals surface area contributed by atoms with Gasteiger partial charge in [0.1, 0.15) is 5.69 Å². The molecule has 3 rings (SSSR count). The van der Waals surface area contributed by atoms with Crippen molar-refractivity contribution < 1.29 is 9.21 Å². The van der Waals surface area contributed by atoms with Gasteiger partial charge >= 0.3 is 0 Å². The molecule has 0 spiro atoms. The molecule has 3 heterocycles. The molecule has 0 radical (unpaired) electrons. The lowest BCUT2D eigenvalue weighted by Gasteiger charge is -1.99. The zero-order chi connectivity index (χ0) is 11.8. The Labute approximate surface area is 102 Å². The van der Waals surface area contributed by atoms with Gasteiger partial charge in [0.25, 0.3) is 11.5 Å². The zero-order valence-corrected chi connectivity index (χ0v) is 9.98. The fourth-order valence-electron chi connectivity index (χ4n) is 1.47. The molecule has 1 amide bonds. The van der Waals surface area contributed by atoms with Crippen molar-refractivity contribution in [2.75, 3.05) is 5.32 Å². The predicted octanol–water partition coefficient (Wildman–Crippen LogP) is 2.45. The van der Waals surface area contributed by atoms with Crippen LogP contribution in [0.4, 0.5) is 5.69 Å². The Morgan fingerprint density at radius 1 is 1.47 bits per heavy atom. The number of nitrogens with one attached hydrogen (secondary N) is 2. The Bertz CT molecular complexity index is 677. The average molecular weight is 266 g/mol. The lowest BCUT2D eigenvalue weighted by Crippen LogP contribution is -2.16. The van der Waals surface area contributed by atoms with Crippen molar-refractivity contribution >= 4 is 32.3 Å². The van der Waals surface area contributed by atoms with Crippen LogP contribution in [0.15, 0.2) is 33.0 Å². The van der Waals surface area contributed by atoms with E-state index in [2.05, 4.69) is 10.3 Å². The largest absolute Gasteiger partial charge is 0.459 e. The maximum atomic E-state index is 11.7. The zero-order valence-electron chi connectivity index (χ0n) is 8.35. The summed E-state index contributed by atoms with van der Waals surface area (Å²) in [6.45, 7) is 0. The molecule has 0 atom stereocenters. The van der Waals surface area contributed by atoms with E-state index in [1.165, 1.54) is 26.9 Å². The van der Waals surface area contributed by atoms with Crippen LogP contribution in [0.2, 0.25) is 0 Å². The van der Waals surface area contributed by atoms with Gasteiger partial charge in [0.2, 0.25) is 0 Å². The second kappa shape index (κ2) is 3.86. The van der Waals surface area contributed by atoms with Crippen LogP contribution >= 0.6 is 20.7 Å². The molecular weight excluding hydrogens is 260 g/mol. The van der Waals surface area contributed by atoms with E-state index in [1.807, 2.05) is 5.38 Å². The number of fused-ring (bicyclic) bond motifs is 1. The summed E-state index contributed by atoms with van der Waals surface area (Å²) in [5, 5.41) is 4.40. The van der Waals surface area contributed by atoms with Gasteiger partial charge in [-0.15, -0.1) is 0 Å². The van der Waals surface area contributed by atoms with Gasteiger partial charge in [-0.05, 0) is 12.1 Å². The first-order valence-corrected chi connectivity index (χ1v) is 6.91. The Morgan fingerprint density at radius 3 is 3.12 bits per heavy atom. The Morgan fingerprint density at radius 2 is 2.35 bits per heavy atom. The molecule has 0 aromatic carbocycles. The van der Waals surface area contributed by atoms with Gasteiger partial charge in [0.15, 0.2) is 5.76 Å². The number of hydrogen-bond acceptors (Lipinski definition) is 5. The molecule has 1 aromatic rings. The number of amides is 1. The number of aromatic nitrogens is 1. The number of anilines is 1. The topological polar surface area (TPSA) is 75.1 Å². The number of furan rings is 1. The van der Waals surface area contributed by atoms with E-state index in [0.717, 1.165) is 10.6 Å². The summed E-state index contributed by atoms with van der Waals surface area (Å²) in [7, 11) is 2.94. The maximum absolute atomic E-state index is 11.7. The smallest absolute Gasteiger partial charge is 0.291 e. The highest BCUT2D eigenvalue weighted by Crippen LogP contribution is 2.35. The number of hydrogen-bond donors (Lipinski definition) is 2. The van der Waals surface area contributed by atoms with Crippen molar-refractivity contribution in [1.29, 1.82) is 0 Å². The number of rotatable bonds is 2. The summed E-state index contributed by atoms with van der Waals surface area (Å²) in [4.78, 5) is 26.8. The van der Waals surface area contributed by atoms with Crippen molar-refractivity contribution in [3.05, 3.63) is 39.9 Å². The van der Waals surface area contributed by atoms with Crippen LogP contribution in [0.3, 0.4) is 0 Å². The molecule has 2 aliphatic rings. The van der Waals surface area contributed by atoms with Gasteiger partial charge in [-0.3, -0.25) is 9.59 Å². The summed E-state index contributed by atoms with van der Waals surface area (Å²) < 4.78 is 4.96. The number of carbonyl (C=O) groups is 1. The van der Waals surface area contributed by atoms with E-state index in [0.29, 0.717) is 0 Å². The maximum Gasteiger partial charge on any atom is 0.291 e. The highest BCUT2D eigenvalue weighted by molar-refractivity contribution is 7.70. The third-order valence-corrected chi connectivity index (χ3v) is 4.32. The van der Waals surface area contributed by atoms with Gasteiger partial charge in [-0.2, -0.15) is 0 Å². The highest BCUT2D eigenvalue weighted by atomic mass is 32.9. The molecule has 5 nitrogen and oxygen atoms in total. The van der Waals surface area contributed by atoms with Crippen LogP contribution in [0.25, 0.3) is 10.6 Å². The monoisotopic (exact) mass is 266 g/mol. The molecule has 0 aliphatic carbocycles. The Kier molecular flexibility index (Phi) is 2.34. The van der Waals surface area contributed by atoms with E-state index in [9.17, 15) is 9.59 Å². The number of aromatic amines is 1. The van der Waals surface area contributed by atoms with Gasteiger partial charge in [0.05, 0.1) is 16.8 Å². The van der Waals surface area contributed by atoms with E-state index < -0.39 is 5.91 Å². The van der Waals surface area contributed by atoms with Crippen LogP contribution in [-0.2, 0) is 0 Å². The molecule has 0 fully saturated rings. The SMILES string of the molecule is O=C(Nc1c2sscc-2[nH]c1=O)c1ccco1. The van der Waals surface area contributed by atoms with Crippen molar-refractivity contribution in [2.24, 2.45) is 0 Å². The van der Waals surface area contributed by atoms with Crippen molar-refractivity contribution in [3.63, 3.8) is 0 Å². The Balaban J connectivity index is 1.96. The second-order valence-corrected chi connectivity index (χ2v) is 5.38. The van der Waals surface area contributed by atoms with E-state index in [1.54, 1.807) is 12.1 Å². The molecular formula is C10H6N2O3S2. The lowest BCUT2D eigenvalue weighted by atomic mass is 10.3. The summed E-state index contributed by atoms with van der Waals surface area (Å²) in [5.41, 5.74) is 0.742.